The van der Waals surface area contributed by atoms with Gasteiger partial charge in [0.15, 0.2) is 0 Å². The second-order valence-electron chi connectivity index (χ2n) is 8.26. The van der Waals surface area contributed by atoms with Crippen LogP contribution in [0.5, 0.6) is 11.5 Å². The van der Waals surface area contributed by atoms with Gasteiger partial charge < -0.3 is 45.6 Å². The van der Waals surface area contributed by atoms with Crippen LogP contribution in [0.2, 0.25) is 0 Å². The van der Waals surface area contributed by atoms with Crippen LogP contribution in [-0.2, 0) is 11.2 Å². The van der Waals surface area contributed by atoms with Gasteiger partial charge in [0.1, 0.15) is 11.5 Å². The van der Waals surface area contributed by atoms with E-state index in [4.69, 9.17) is 4.74 Å². The predicted octanol–water partition coefficient (Wildman–Crippen LogP) is 0.0221. The van der Waals surface area contributed by atoms with Gasteiger partial charge in [-0.3, -0.25) is 0 Å². The average Bonchev–Trinajstić information content (AvgIpc) is 2.64. The van der Waals surface area contributed by atoms with Gasteiger partial charge in [-0.2, -0.15) is 0 Å². The molecule has 3 rings (SSSR count). The number of phenolic OH excluding ortho intramolecular Hbond substituents is 1. The standard InChI is InChI=1S/C21H28O10/c1-2-3-4-5-11-8-15(22)17-13-10-12(18(23)24)6-7-14(13)19(20(25,26)27,21(28,29)30)31-16(17)9-11/h8-10,13-14,22,25-30H,2-7H2,1H3,(H,23,24)/t13-,14-/m1/s1. The molecule has 1 aliphatic carbocycles. The zero-order valence-corrected chi connectivity index (χ0v) is 17.0. The first-order chi connectivity index (χ1) is 14.3. The Bertz CT molecular complexity index is 863. The van der Waals surface area contributed by atoms with Crippen molar-refractivity contribution in [1.82, 2.24) is 0 Å². The molecule has 10 heteroatoms. The lowest BCUT2D eigenvalue weighted by Gasteiger charge is -2.54. The Morgan fingerprint density at radius 3 is 2.32 bits per heavy atom. The van der Waals surface area contributed by atoms with Crippen molar-refractivity contribution < 1.29 is 50.4 Å². The van der Waals surface area contributed by atoms with E-state index in [-0.39, 0.29) is 35.5 Å². The summed E-state index contributed by atoms with van der Waals surface area (Å²) in [6.45, 7) is 2.02. The van der Waals surface area contributed by atoms with Gasteiger partial charge in [0.25, 0.3) is 5.60 Å². The van der Waals surface area contributed by atoms with Crippen molar-refractivity contribution >= 4 is 5.97 Å². The van der Waals surface area contributed by atoms with Crippen LogP contribution < -0.4 is 4.74 Å². The second-order valence-corrected chi connectivity index (χ2v) is 8.26. The summed E-state index contributed by atoms with van der Waals surface area (Å²) >= 11 is 0. The van der Waals surface area contributed by atoms with Crippen LogP contribution in [0.15, 0.2) is 23.8 Å². The molecule has 8 N–H and O–H groups in total. The van der Waals surface area contributed by atoms with Crippen molar-refractivity contribution in [3.8, 4) is 11.5 Å². The van der Waals surface area contributed by atoms with Gasteiger partial charge >= 0.3 is 17.9 Å². The summed E-state index contributed by atoms with van der Waals surface area (Å²) < 4.78 is 5.50. The van der Waals surface area contributed by atoms with E-state index in [1.54, 1.807) is 0 Å². The molecule has 0 radical (unpaired) electrons. The maximum absolute atomic E-state index is 11.5. The largest absolute Gasteiger partial charge is 0.507 e. The van der Waals surface area contributed by atoms with Crippen molar-refractivity contribution in [2.45, 2.75) is 68.9 Å². The maximum atomic E-state index is 11.5. The number of hydrogen-bond acceptors (Lipinski definition) is 9. The molecular weight excluding hydrogens is 412 g/mol. The Morgan fingerprint density at radius 2 is 1.77 bits per heavy atom. The van der Waals surface area contributed by atoms with E-state index in [0.29, 0.717) is 12.0 Å². The van der Waals surface area contributed by atoms with E-state index < -0.39 is 35.4 Å². The Hall–Kier alpha value is -2.21. The number of aryl methyl sites for hydroxylation is 1. The minimum atomic E-state index is -3.94. The maximum Gasteiger partial charge on any atom is 0.331 e. The second kappa shape index (κ2) is 8.05. The number of rotatable bonds is 7. The molecule has 0 bridgehead atoms. The summed E-state index contributed by atoms with van der Waals surface area (Å²) in [6.07, 6.45) is 4.03. The summed E-state index contributed by atoms with van der Waals surface area (Å²) in [4.78, 5) is 11.5. The minimum absolute atomic E-state index is 0.0479. The summed E-state index contributed by atoms with van der Waals surface area (Å²) in [7, 11) is 0. The number of ether oxygens (including phenoxy) is 1. The SMILES string of the molecule is CCCCCc1cc(O)c2c(c1)OC(C(O)(O)O)(C(O)(O)O)[C@@H]1CCC(C(=O)O)=C[C@@H]21. The molecule has 31 heavy (non-hydrogen) atoms. The highest BCUT2D eigenvalue weighted by atomic mass is 16.8. The number of unbranched alkanes of at least 4 members (excludes halogenated alkanes) is 2. The first-order valence-corrected chi connectivity index (χ1v) is 10.2. The molecule has 0 amide bonds. The summed E-state index contributed by atoms with van der Waals surface area (Å²) in [6, 6.07) is 2.91. The molecule has 0 saturated carbocycles. The summed E-state index contributed by atoms with van der Waals surface area (Å²) in [5.74, 6) is -12.2. The smallest absolute Gasteiger partial charge is 0.331 e. The predicted molar refractivity (Wildman–Crippen MR) is 105 cm³/mol. The summed E-state index contributed by atoms with van der Waals surface area (Å²) in [5, 5.41) is 80.6. The molecule has 1 aliphatic heterocycles. The van der Waals surface area contributed by atoms with E-state index in [0.717, 1.165) is 19.3 Å². The first-order valence-electron chi connectivity index (χ1n) is 10.2. The van der Waals surface area contributed by atoms with Gasteiger partial charge in [-0.15, -0.1) is 0 Å². The first kappa shape index (κ1) is 23.5. The van der Waals surface area contributed by atoms with E-state index in [2.05, 4.69) is 0 Å². The fraction of sp³-hybridized carbons (Fsp3) is 0.571. The number of hydrogen-bond donors (Lipinski definition) is 8. The van der Waals surface area contributed by atoms with E-state index >= 15 is 0 Å². The zero-order chi connectivity index (χ0) is 23.2. The van der Waals surface area contributed by atoms with Crippen LogP contribution in [0.3, 0.4) is 0 Å². The number of benzene rings is 1. The van der Waals surface area contributed by atoms with Crippen molar-refractivity contribution in [3.63, 3.8) is 0 Å². The van der Waals surface area contributed by atoms with Crippen LogP contribution in [-0.4, -0.2) is 64.4 Å². The molecule has 2 atom stereocenters. The topological polar surface area (TPSA) is 188 Å². The number of phenols is 1. The molecule has 10 nitrogen and oxygen atoms in total. The average molecular weight is 440 g/mol. The number of allylic oxidation sites excluding steroid dienone is 1. The van der Waals surface area contributed by atoms with Crippen molar-refractivity contribution in [2.24, 2.45) is 5.92 Å². The molecule has 0 fully saturated rings. The molecule has 0 aromatic heterocycles. The third-order valence-electron chi connectivity index (χ3n) is 6.19. The van der Waals surface area contributed by atoms with Crippen molar-refractivity contribution in [2.75, 3.05) is 0 Å². The molecule has 0 unspecified atom stereocenters. The normalized spacial score (nSPS) is 22.7. The van der Waals surface area contributed by atoms with Gasteiger partial charge in [0, 0.05) is 23.0 Å². The summed E-state index contributed by atoms with van der Waals surface area (Å²) in [5.41, 5.74) is -2.54. The fourth-order valence-electron chi connectivity index (χ4n) is 4.74. The van der Waals surface area contributed by atoms with Crippen molar-refractivity contribution in [3.05, 3.63) is 34.9 Å². The lowest BCUT2D eigenvalue weighted by Crippen LogP contribution is -2.76. The zero-order valence-electron chi connectivity index (χ0n) is 17.0. The Morgan fingerprint density at radius 1 is 1.13 bits per heavy atom. The van der Waals surface area contributed by atoms with E-state index in [9.17, 15) is 45.6 Å². The number of fused-ring (bicyclic) bond motifs is 3. The minimum Gasteiger partial charge on any atom is -0.507 e. The van der Waals surface area contributed by atoms with Crippen LogP contribution in [0.1, 0.15) is 56.1 Å². The van der Waals surface area contributed by atoms with Crippen LogP contribution in [0.4, 0.5) is 0 Å². The molecule has 0 spiro atoms. The molecule has 2 aliphatic rings. The number of carbonyl (C=O) groups is 1. The van der Waals surface area contributed by atoms with E-state index in [1.165, 1.54) is 18.2 Å². The highest BCUT2D eigenvalue weighted by Crippen LogP contribution is 2.58. The molecule has 172 valence electrons. The number of carboxylic acids is 1. The lowest BCUT2D eigenvalue weighted by atomic mass is 9.64. The Labute approximate surface area is 178 Å². The van der Waals surface area contributed by atoms with Crippen LogP contribution in [0.25, 0.3) is 0 Å². The van der Waals surface area contributed by atoms with Gasteiger partial charge in [0.2, 0.25) is 0 Å². The van der Waals surface area contributed by atoms with Crippen LogP contribution in [0, 0.1) is 5.92 Å². The molecule has 1 aromatic rings. The van der Waals surface area contributed by atoms with Crippen molar-refractivity contribution in [1.29, 1.82) is 0 Å². The van der Waals surface area contributed by atoms with E-state index in [1.807, 2.05) is 6.92 Å². The molecular formula is C21H28O10. The van der Waals surface area contributed by atoms with Crippen LogP contribution >= 0.6 is 0 Å². The number of aromatic hydroxyl groups is 1. The fourth-order valence-corrected chi connectivity index (χ4v) is 4.74. The lowest BCUT2D eigenvalue weighted by molar-refractivity contribution is -0.500. The number of carboxylic acid groups (broad SMARTS) is 1. The third kappa shape index (κ3) is 3.91. The monoisotopic (exact) mass is 440 g/mol. The molecule has 1 aromatic carbocycles. The van der Waals surface area contributed by atoms with Gasteiger partial charge in [-0.1, -0.05) is 25.8 Å². The van der Waals surface area contributed by atoms with Gasteiger partial charge in [0.05, 0.1) is 0 Å². The van der Waals surface area contributed by atoms with Gasteiger partial charge in [-0.05, 0) is 43.4 Å². The molecule has 0 saturated heterocycles. The Kier molecular flexibility index (Phi) is 6.09. The highest BCUT2D eigenvalue weighted by molar-refractivity contribution is 5.87. The quantitative estimate of drug-likeness (QED) is 0.212. The number of aliphatic carboxylic acids is 1. The highest BCUT2D eigenvalue weighted by Gasteiger charge is 2.73. The third-order valence-corrected chi connectivity index (χ3v) is 6.19. The van der Waals surface area contributed by atoms with Gasteiger partial charge in [-0.25, -0.2) is 4.79 Å². The number of aliphatic hydroxyl groups is 6. The molecule has 1 heterocycles. The Balaban J connectivity index is 2.23.